The smallest absolute Gasteiger partial charge is 0.220 e. The zero-order chi connectivity index (χ0) is 11.7. The van der Waals surface area contributed by atoms with Crippen LogP contribution in [0.2, 0.25) is 5.02 Å². The molecule has 82 valence electrons. The van der Waals surface area contributed by atoms with Gasteiger partial charge in [0.05, 0.1) is 10.7 Å². The lowest BCUT2D eigenvalue weighted by atomic mass is 10.1. The third-order valence-corrected chi connectivity index (χ3v) is 2.50. The second-order valence-corrected chi connectivity index (χ2v) is 3.79. The van der Waals surface area contributed by atoms with Gasteiger partial charge in [0.15, 0.2) is 0 Å². The predicted octanol–water partition coefficient (Wildman–Crippen LogP) is 2.83. The Balaban J connectivity index is 2.66. The summed E-state index contributed by atoms with van der Waals surface area (Å²) in [6.07, 6.45) is 1.58. The number of aromatic nitrogens is 2. The first-order valence-corrected chi connectivity index (χ1v) is 5.00. The van der Waals surface area contributed by atoms with E-state index in [1.807, 2.05) is 6.92 Å². The van der Waals surface area contributed by atoms with Crippen molar-refractivity contribution in [2.24, 2.45) is 0 Å². The minimum Gasteiger partial charge on any atom is -0.368 e. The van der Waals surface area contributed by atoms with Gasteiger partial charge in [-0.05, 0) is 30.7 Å². The predicted molar refractivity (Wildman–Crippen MR) is 61.6 cm³/mol. The second kappa shape index (κ2) is 4.06. The van der Waals surface area contributed by atoms with Crippen molar-refractivity contribution in [1.29, 1.82) is 0 Å². The quantitative estimate of drug-likeness (QED) is 0.830. The van der Waals surface area contributed by atoms with Gasteiger partial charge in [-0.1, -0.05) is 11.6 Å². The molecule has 0 fully saturated rings. The van der Waals surface area contributed by atoms with Crippen LogP contribution in [0.5, 0.6) is 0 Å². The van der Waals surface area contributed by atoms with E-state index in [9.17, 15) is 4.39 Å². The first-order chi connectivity index (χ1) is 7.58. The molecule has 0 atom stereocenters. The van der Waals surface area contributed by atoms with Crippen molar-refractivity contribution >= 4 is 17.5 Å². The summed E-state index contributed by atoms with van der Waals surface area (Å²) in [5.74, 6) is -0.225. The van der Waals surface area contributed by atoms with Gasteiger partial charge in [-0.2, -0.15) is 0 Å². The summed E-state index contributed by atoms with van der Waals surface area (Å²) >= 11 is 5.99. The van der Waals surface area contributed by atoms with Crippen molar-refractivity contribution in [3.05, 3.63) is 40.8 Å². The van der Waals surface area contributed by atoms with Crippen LogP contribution >= 0.6 is 11.6 Å². The van der Waals surface area contributed by atoms with Crippen molar-refractivity contribution in [3.63, 3.8) is 0 Å². The fourth-order valence-electron chi connectivity index (χ4n) is 1.41. The number of halogens is 2. The van der Waals surface area contributed by atoms with Crippen LogP contribution in [0.4, 0.5) is 10.3 Å². The molecule has 0 amide bonds. The lowest BCUT2D eigenvalue weighted by Crippen LogP contribution is -1.98. The molecule has 2 rings (SSSR count). The average Bonchev–Trinajstić information content (AvgIpc) is 2.25. The average molecular weight is 238 g/mol. The molecule has 0 aliphatic carbocycles. The van der Waals surface area contributed by atoms with Crippen molar-refractivity contribution < 1.29 is 4.39 Å². The molecule has 0 aliphatic heterocycles. The van der Waals surface area contributed by atoms with Gasteiger partial charge in [-0.3, -0.25) is 0 Å². The second-order valence-electron chi connectivity index (χ2n) is 3.38. The van der Waals surface area contributed by atoms with Gasteiger partial charge < -0.3 is 5.73 Å². The van der Waals surface area contributed by atoms with Crippen LogP contribution in [-0.4, -0.2) is 9.97 Å². The summed E-state index contributed by atoms with van der Waals surface area (Å²) in [6.45, 7) is 1.82. The molecule has 0 spiro atoms. The van der Waals surface area contributed by atoms with Crippen LogP contribution in [0.15, 0.2) is 24.4 Å². The molecule has 0 aliphatic rings. The number of nitrogens with zero attached hydrogens (tertiary/aromatic N) is 2. The maximum Gasteiger partial charge on any atom is 0.220 e. The molecular formula is C11H9ClFN3. The number of nitrogens with two attached hydrogens (primary N) is 1. The minimum atomic E-state index is -0.365. The molecule has 0 bridgehead atoms. The third-order valence-electron chi connectivity index (χ3n) is 2.17. The molecule has 0 radical (unpaired) electrons. The van der Waals surface area contributed by atoms with Crippen molar-refractivity contribution in [2.75, 3.05) is 5.73 Å². The highest BCUT2D eigenvalue weighted by Gasteiger charge is 2.10. The monoisotopic (exact) mass is 237 g/mol. The fourth-order valence-corrected chi connectivity index (χ4v) is 1.61. The number of rotatable bonds is 1. The highest BCUT2D eigenvalue weighted by Crippen LogP contribution is 2.29. The maximum atomic E-state index is 13.1. The molecule has 1 heterocycles. The van der Waals surface area contributed by atoms with E-state index in [0.717, 1.165) is 5.56 Å². The Morgan fingerprint density at radius 1 is 1.38 bits per heavy atom. The molecular weight excluding hydrogens is 229 g/mol. The van der Waals surface area contributed by atoms with E-state index in [2.05, 4.69) is 9.97 Å². The summed E-state index contributed by atoms with van der Waals surface area (Å²) in [5, 5.41) is 0.433. The number of benzene rings is 1. The highest BCUT2D eigenvalue weighted by molar-refractivity contribution is 6.33. The van der Waals surface area contributed by atoms with Gasteiger partial charge in [0.2, 0.25) is 5.95 Å². The highest BCUT2D eigenvalue weighted by atomic mass is 35.5. The molecule has 0 unspecified atom stereocenters. The van der Waals surface area contributed by atoms with Gasteiger partial charge >= 0.3 is 0 Å². The number of hydrogen-bond donors (Lipinski definition) is 1. The SMILES string of the molecule is Cc1cnc(N)nc1-c1cc(F)ccc1Cl. The van der Waals surface area contributed by atoms with Crippen LogP contribution in [-0.2, 0) is 0 Å². The summed E-state index contributed by atoms with van der Waals surface area (Å²) in [5.41, 5.74) is 7.36. The lowest BCUT2D eigenvalue weighted by Gasteiger charge is -2.07. The Bertz CT molecular complexity index is 493. The fraction of sp³-hybridized carbons (Fsp3) is 0.0909. The van der Waals surface area contributed by atoms with Gasteiger partial charge in [0.1, 0.15) is 5.82 Å². The zero-order valence-corrected chi connectivity index (χ0v) is 9.29. The summed E-state index contributed by atoms with van der Waals surface area (Å²) in [4.78, 5) is 7.91. The Morgan fingerprint density at radius 3 is 2.88 bits per heavy atom. The van der Waals surface area contributed by atoms with Crippen LogP contribution < -0.4 is 5.73 Å². The molecule has 0 saturated heterocycles. The third kappa shape index (κ3) is 1.97. The van der Waals surface area contributed by atoms with E-state index < -0.39 is 0 Å². The largest absolute Gasteiger partial charge is 0.368 e. The molecule has 5 heteroatoms. The Kier molecular flexibility index (Phi) is 2.75. The first-order valence-electron chi connectivity index (χ1n) is 4.62. The van der Waals surface area contributed by atoms with Gasteiger partial charge in [0.25, 0.3) is 0 Å². The molecule has 16 heavy (non-hydrogen) atoms. The molecule has 3 nitrogen and oxygen atoms in total. The molecule has 1 aromatic carbocycles. The van der Waals surface area contributed by atoms with E-state index in [4.69, 9.17) is 17.3 Å². The summed E-state index contributed by atoms with van der Waals surface area (Å²) < 4.78 is 13.1. The van der Waals surface area contributed by atoms with Crippen molar-refractivity contribution in [2.45, 2.75) is 6.92 Å². The van der Waals surface area contributed by atoms with Crippen LogP contribution in [0.1, 0.15) is 5.56 Å². The molecule has 1 aromatic heterocycles. The number of aryl methyl sites for hydroxylation is 1. The van der Waals surface area contributed by atoms with E-state index in [0.29, 0.717) is 16.3 Å². The molecule has 0 saturated carbocycles. The molecule has 2 N–H and O–H groups in total. The van der Waals surface area contributed by atoms with Gasteiger partial charge in [-0.15, -0.1) is 0 Å². The molecule has 2 aromatic rings. The van der Waals surface area contributed by atoms with Crippen molar-refractivity contribution in [1.82, 2.24) is 9.97 Å². The van der Waals surface area contributed by atoms with E-state index in [1.165, 1.54) is 18.2 Å². The minimum absolute atomic E-state index is 0.140. The topological polar surface area (TPSA) is 51.8 Å². The zero-order valence-electron chi connectivity index (χ0n) is 8.54. The summed E-state index contributed by atoms with van der Waals surface area (Å²) in [7, 11) is 0. The number of hydrogen-bond acceptors (Lipinski definition) is 3. The summed E-state index contributed by atoms with van der Waals surface area (Å²) in [6, 6.07) is 4.12. The van der Waals surface area contributed by atoms with Crippen LogP contribution in [0.3, 0.4) is 0 Å². The van der Waals surface area contributed by atoms with Gasteiger partial charge in [0, 0.05) is 11.8 Å². The number of anilines is 1. The number of nitrogen functional groups attached to an aromatic ring is 1. The Hall–Kier alpha value is -1.68. The van der Waals surface area contributed by atoms with E-state index >= 15 is 0 Å². The first kappa shape index (κ1) is 10.8. The van der Waals surface area contributed by atoms with Crippen LogP contribution in [0.25, 0.3) is 11.3 Å². The maximum absolute atomic E-state index is 13.1. The Morgan fingerprint density at radius 2 is 2.12 bits per heavy atom. The van der Waals surface area contributed by atoms with E-state index in [-0.39, 0.29) is 11.8 Å². The van der Waals surface area contributed by atoms with Crippen LogP contribution in [0, 0.1) is 12.7 Å². The van der Waals surface area contributed by atoms with Gasteiger partial charge in [-0.25, -0.2) is 14.4 Å². The van der Waals surface area contributed by atoms with Crippen molar-refractivity contribution in [3.8, 4) is 11.3 Å². The Labute approximate surface area is 97.1 Å². The standard InChI is InChI=1S/C11H9ClFN3/c1-6-5-15-11(14)16-10(6)8-4-7(13)2-3-9(8)12/h2-5H,1H3,(H2,14,15,16). The lowest BCUT2D eigenvalue weighted by molar-refractivity contribution is 0.628. The van der Waals surface area contributed by atoms with E-state index in [1.54, 1.807) is 6.20 Å². The normalized spacial score (nSPS) is 10.4.